The molecule has 0 saturated carbocycles. The maximum absolute atomic E-state index is 12.9. The van der Waals surface area contributed by atoms with Crippen molar-refractivity contribution in [1.29, 1.82) is 0 Å². The summed E-state index contributed by atoms with van der Waals surface area (Å²) in [6, 6.07) is 4.08. The summed E-state index contributed by atoms with van der Waals surface area (Å²) in [5.74, 6) is -1.60. The number of thiophene rings is 1. The van der Waals surface area contributed by atoms with Crippen LogP contribution in [0.5, 0.6) is 0 Å². The first-order valence-electron chi connectivity index (χ1n) is 3.58. The maximum Gasteiger partial charge on any atom is 0.337 e. The van der Waals surface area contributed by atoms with E-state index in [0.29, 0.717) is 10.1 Å². The Balaban J connectivity index is 2.84. The van der Waals surface area contributed by atoms with E-state index in [-0.39, 0.29) is 5.56 Å². The fourth-order valence-corrected chi connectivity index (χ4v) is 2.09. The highest BCUT2D eigenvalue weighted by Gasteiger charge is 2.11. The van der Waals surface area contributed by atoms with Crippen molar-refractivity contribution < 1.29 is 14.3 Å². The molecule has 0 atom stereocenters. The Morgan fingerprint density at radius 1 is 1.46 bits per heavy atom. The van der Waals surface area contributed by atoms with E-state index in [1.165, 1.54) is 17.4 Å². The van der Waals surface area contributed by atoms with E-state index in [1.54, 1.807) is 11.4 Å². The van der Waals surface area contributed by atoms with Crippen LogP contribution < -0.4 is 0 Å². The van der Waals surface area contributed by atoms with Gasteiger partial charge in [0.2, 0.25) is 0 Å². The second-order valence-electron chi connectivity index (χ2n) is 2.60. The van der Waals surface area contributed by atoms with Gasteiger partial charge in [-0.25, -0.2) is 9.18 Å². The van der Waals surface area contributed by atoms with Gasteiger partial charge in [-0.15, -0.1) is 11.3 Å². The van der Waals surface area contributed by atoms with Gasteiger partial charge in [0, 0.05) is 4.70 Å². The highest BCUT2D eigenvalue weighted by molar-refractivity contribution is 7.17. The van der Waals surface area contributed by atoms with Crippen LogP contribution in [0.4, 0.5) is 4.39 Å². The van der Waals surface area contributed by atoms with Gasteiger partial charge in [0.15, 0.2) is 0 Å². The van der Waals surface area contributed by atoms with Gasteiger partial charge in [-0.3, -0.25) is 0 Å². The summed E-state index contributed by atoms with van der Waals surface area (Å²) in [5.41, 5.74) is 0.0324. The molecule has 2 rings (SSSR count). The lowest BCUT2D eigenvalue weighted by Gasteiger charge is -1.96. The molecule has 2 aromatic rings. The van der Waals surface area contributed by atoms with E-state index in [4.69, 9.17) is 5.11 Å². The molecule has 0 spiro atoms. The molecule has 0 amide bonds. The van der Waals surface area contributed by atoms with Crippen LogP contribution in [0.25, 0.3) is 10.1 Å². The average Bonchev–Trinajstić information content (AvgIpc) is 2.49. The Morgan fingerprint density at radius 3 is 2.92 bits per heavy atom. The highest BCUT2D eigenvalue weighted by atomic mass is 32.1. The zero-order valence-electron chi connectivity index (χ0n) is 6.45. The fourth-order valence-electron chi connectivity index (χ4n) is 1.20. The van der Waals surface area contributed by atoms with Crippen molar-refractivity contribution >= 4 is 27.4 Å². The second kappa shape index (κ2) is 2.81. The normalized spacial score (nSPS) is 10.5. The molecule has 1 aromatic carbocycles. The molecule has 66 valence electrons. The van der Waals surface area contributed by atoms with Crippen LogP contribution in [0.2, 0.25) is 0 Å². The van der Waals surface area contributed by atoms with E-state index >= 15 is 0 Å². The molecular weight excluding hydrogens is 191 g/mol. The van der Waals surface area contributed by atoms with Crippen molar-refractivity contribution in [1.82, 2.24) is 0 Å². The number of benzene rings is 1. The van der Waals surface area contributed by atoms with E-state index in [0.717, 1.165) is 6.07 Å². The summed E-state index contributed by atoms with van der Waals surface area (Å²) in [7, 11) is 0. The highest BCUT2D eigenvalue weighted by Crippen LogP contribution is 2.25. The van der Waals surface area contributed by atoms with Crippen molar-refractivity contribution in [3.05, 3.63) is 35.0 Å². The maximum atomic E-state index is 12.9. The molecule has 0 radical (unpaired) electrons. The molecule has 0 fully saturated rings. The third kappa shape index (κ3) is 1.29. The van der Waals surface area contributed by atoms with Gasteiger partial charge in [-0.05, 0) is 29.0 Å². The minimum absolute atomic E-state index is 0.0324. The molecule has 0 unspecified atom stereocenters. The summed E-state index contributed by atoms with van der Waals surface area (Å²) >= 11 is 1.30. The van der Waals surface area contributed by atoms with E-state index < -0.39 is 11.8 Å². The standard InChI is InChI=1S/C9H5FO2S/c10-6-3-5-1-2-13-8(5)7(4-6)9(11)12/h1-4H,(H,11,12). The van der Waals surface area contributed by atoms with Crippen LogP contribution in [0, 0.1) is 5.82 Å². The smallest absolute Gasteiger partial charge is 0.337 e. The number of fused-ring (bicyclic) bond motifs is 1. The lowest BCUT2D eigenvalue weighted by Crippen LogP contribution is -1.96. The molecule has 0 aliphatic heterocycles. The van der Waals surface area contributed by atoms with Gasteiger partial charge < -0.3 is 5.11 Å². The number of hydrogen-bond acceptors (Lipinski definition) is 2. The Bertz CT molecular complexity index is 475. The average molecular weight is 196 g/mol. The fraction of sp³-hybridized carbons (Fsp3) is 0. The van der Waals surface area contributed by atoms with Crippen molar-refractivity contribution in [2.45, 2.75) is 0 Å². The molecule has 0 bridgehead atoms. The molecule has 2 nitrogen and oxygen atoms in total. The molecule has 0 saturated heterocycles. The first-order valence-corrected chi connectivity index (χ1v) is 4.46. The van der Waals surface area contributed by atoms with Gasteiger partial charge in [-0.1, -0.05) is 0 Å². The molecule has 1 N–H and O–H groups in total. The molecule has 0 aliphatic rings. The van der Waals surface area contributed by atoms with E-state index in [9.17, 15) is 9.18 Å². The zero-order chi connectivity index (χ0) is 9.42. The molecule has 1 aromatic heterocycles. The summed E-state index contributed by atoms with van der Waals surface area (Å²) in [4.78, 5) is 10.7. The van der Waals surface area contributed by atoms with Gasteiger partial charge in [0.25, 0.3) is 0 Å². The zero-order valence-corrected chi connectivity index (χ0v) is 7.27. The lowest BCUT2D eigenvalue weighted by molar-refractivity contribution is 0.0698. The number of carboxylic acids is 1. The molecular formula is C9H5FO2S. The number of halogens is 1. The largest absolute Gasteiger partial charge is 0.478 e. The van der Waals surface area contributed by atoms with Crippen LogP contribution in [-0.2, 0) is 0 Å². The van der Waals surface area contributed by atoms with Crippen LogP contribution in [-0.4, -0.2) is 11.1 Å². The molecule has 0 aliphatic carbocycles. The monoisotopic (exact) mass is 196 g/mol. The van der Waals surface area contributed by atoms with Crippen molar-refractivity contribution in [3.63, 3.8) is 0 Å². The van der Waals surface area contributed by atoms with E-state index in [1.807, 2.05) is 0 Å². The van der Waals surface area contributed by atoms with Gasteiger partial charge in [0.1, 0.15) is 5.82 Å². The Morgan fingerprint density at radius 2 is 2.23 bits per heavy atom. The van der Waals surface area contributed by atoms with Crippen molar-refractivity contribution in [2.24, 2.45) is 0 Å². The van der Waals surface area contributed by atoms with Gasteiger partial charge in [-0.2, -0.15) is 0 Å². The van der Waals surface area contributed by atoms with Crippen LogP contribution >= 0.6 is 11.3 Å². The number of rotatable bonds is 1. The van der Waals surface area contributed by atoms with Crippen molar-refractivity contribution in [3.8, 4) is 0 Å². The Labute approximate surface area is 77.2 Å². The second-order valence-corrected chi connectivity index (χ2v) is 3.51. The third-order valence-electron chi connectivity index (χ3n) is 1.75. The number of carbonyl (C=O) groups is 1. The van der Waals surface area contributed by atoms with Crippen LogP contribution in [0.1, 0.15) is 10.4 Å². The van der Waals surface area contributed by atoms with Gasteiger partial charge in [0.05, 0.1) is 5.56 Å². The topological polar surface area (TPSA) is 37.3 Å². The first-order chi connectivity index (χ1) is 6.18. The summed E-state index contributed by atoms with van der Waals surface area (Å²) in [6.45, 7) is 0. The summed E-state index contributed by atoms with van der Waals surface area (Å²) < 4.78 is 13.5. The van der Waals surface area contributed by atoms with Crippen LogP contribution in [0.3, 0.4) is 0 Å². The number of carboxylic acid groups (broad SMARTS) is 1. The third-order valence-corrected chi connectivity index (χ3v) is 2.71. The van der Waals surface area contributed by atoms with Gasteiger partial charge >= 0.3 is 5.97 Å². The molecule has 13 heavy (non-hydrogen) atoms. The summed E-state index contributed by atoms with van der Waals surface area (Å²) in [5, 5.41) is 11.2. The minimum Gasteiger partial charge on any atom is -0.478 e. The predicted molar refractivity (Wildman–Crippen MR) is 48.7 cm³/mol. The molecule has 4 heteroatoms. The molecule has 1 heterocycles. The Hall–Kier alpha value is -1.42. The Kier molecular flexibility index (Phi) is 1.77. The van der Waals surface area contributed by atoms with Crippen molar-refractivity contribution in [2.75, 3.05) is 0 Å². The number of aromatic carboxylic acids is 1. The number of hydrogen-bond donors (Lipinski definition) is 1. The summed E-state index contributed by atoms with van der Waals surface area (Å²) in [6.07, 6.45) is 0. The predicted octanol–water partition coefficient (Wildman–Crippen LogP) is 2.74. The SMILES string of the molecule is O=C(O)c1cc(F)cc2ccsc12. The minimum atomic E-state index is -1.09. The quantitative estimate of drug-likeness (QED) is 0.761. The first kappa shape index (κ1) is 8.19. The lowest BCUT2D eigenvalue weighted by atomic mass is 10.1. The van der Waals surface area contributed by atoms with Crippen LogP contribution in [0.15, 0.2) is 23.6 Å². The van der Waals surface area contributed by atoms with E-state index in [2.05, 4.69) is 0 Å².